The number of rotatable bonds is 5. The normalized spacial score (nSPS) is 19.2. The molecule has 2 atom stereocenters. The molecule has 7 aromatic carbocycles. The van der Waals surface area contributed by atoms with Gasteiger partial charge in [0.25, 0.3) is 6.71 Å². The summed E-state index contributed by atoms with van der Waals surface area (Å²) in [7, 11) is 0. The van der Waals surface area contributed by atoms with Gasteiger partial charge < -0.3 is 14.2 Å². The maximum absolute atomic E-state index is 7.48. The fourth-order valence-corrected chi connectivity index (χ4v) is 13.3. The quantitative estimate of drug-likeness (QED) is 0.160. The highest BCUT2D eigenvalue weighted by Gasteiger charge is 2.62. The van der Waals surface area contributed by atoms with Gasteiger partial charge in [-0.1, -0.05) is 194 Å². The summed E-state index contributed by atoms with van der Waals surface area (Å²) < 4.78 is 7.48. The lowest BCUT2D eigenvalue weighted by atomic mass is 9.33. The number of fused-ring (bicyclic) bond motifs is 9. The summed E-state index contributed by atoms with van der Waals surface area (Å²) in [6.07, 6.45) is 4.72. The van der Waals surface area contributed by atoms with Gasteiger partial charge in [0.1, 0.15) is 5.58 Å². The molecule has 0 saturated heterocycles. The van der Waals surface area contributed by atoms with E-state index in [9.17, 15) is 0 Å². The maximum Gasteiger partial charge on any atom is 0.257 e. The molecule has 1 fully saturated rings. The SMILES string of the molecule is CC(C)(C)c1ccc(N(c2ccc(C(C)(C)C)cc2)c2cc3c4c(c2)N2c5c(cc(C(C)(C)C)cc5C5(C)CCCCC25C)B4c2c(oc4ccccc24)N3c2ccc(C(C)(C)C)cc2-c2ccccc2)cc1. The number of benzene rings is 7. The number of anilines is 8. The third-order valence-electron chi connectivity index (χ3n) is 17.8. The van der Waals surface area contributed by atoms with Gasteiger partial charge in [-0.2, -0.15) is 0 Å². The van der Waals surface area contributed by atoms with Crippen molar-refractivity contribution in [3.8, 4) is 11.1 Å². The van der Waals surface area contributed by atoms with E-state index < -0.39 is 0 Å². The van der Waals surface area contributed by atoms with Crippen molar-refractivity contribution >= 4 is 79.8 Å². The van der Waals surface area contributed by atoms with Crippen molar-refractivity contribution in [3.05, 3.63) is 173 Å². The lowest BCUT2D eigenvalue weighted by molar-refractivity contribution is 0.195. The molecule has 12 rings (SSSR count). The molecule has 73 heavy (non-hydrogen) atoms. The molecule has 0 radical (unpaired) electrons. The van der Waals surface area contributed by atoms with Crippen molar-refractivity contribution in [1.29, 1.82) is 0 Å². The first-order valence-electron chi connectivity index (χ1n) is 27.2. The molecule has 4 aliphatic rings. The van der Waals surface area contributed by atoms with Crippen LogP contribution < -0.4 is 31.1 Å². The van der Waals surface area contributed by atoms with Crippen molar-refractivity contribution in [2.45, 2.75) is 155 Å². The van der Waals surface area contributed by atoms with E-state index in [0.717, 1.165) is 52.7 Å². The summed E-state index contributed by atoms with van der Waals surface area (Å²) in [6, 6.07) is 56.1. The summed E-state index contributed by atoms with van der Waals surface area (Å²) in [6.45, 7) is 33.1. The van der Waals surface area contributed by atoms with Gasteiger partial charge in [0, 0.05) is 50.3 Å². The van der Waals surface area contributed by atoms with E-state index in [0.29, 0.717) is 0 Å². The molecule has 8 aromatic rings. The molecule has 0 spiro atoms. The molecule has 3 aliphatic heterocycles. The van der Waals surface area contributed by atoms with Crippen LogP contribution in [0, 0.1) is 0 Å². The minimum atomic E-state index is -0.170. The van der Waals surface area contributed by atoms with Crippen molar-refractivity contribution in [2.24, 2.45) is 0 Å². The van der Waals surface area contributed by atoms with Crippen LogP contribution in [0.4, 0.5) is 45.7 Å². The first-order valence-corrected chi connectivity index (χ1v) is 27.2. The third-order valence-corrected chi connectivity index (χ3v) is 17.8. The van der Waals surface area contributed by atoms with Crippen LogP contribution in [0.25, 0.3) is 22.1 Å². The first-order chi connectivity index (χ1) is 34.5. The Kier molecular flexibility index (Phi) is 10.4. The van der Waals surface area contributed by atoms with Crippen LogP contribution in [0.15, 0.2) is 150 Å². The summed E-state index contributed by atoms with van der Waals surface area (Å²) in [5, 5.41) is 1.18. The van der Waals surface area contributed by atoms with Crippen LogP contribution in [0.3, 0.4) is 0 Å². The predicted molar refractivity (Wildman–Crippen MR) is 313 cm³/mol. The standard InChI is InChI=1S/C68H74BN3O/c1-63(2,3)44-26-31-48(32-27-44)70(49-33-28-45(29-34-49)64(4,5)6)50-41-56-60-57(42-50)72-61-53(67(13)36-20-21-37-68(67,72)14)39-47(66(10,11)12)40-54(61)69(60)59-51-24-18-19-25-58(51)73-62(59)71(56)55-35-30-46(65(7,8)9)38-52(55)43-22-16-15-17-23-43/h15-19,22-35,38-42H,20-21,36-37H2,1-14H3. The minimum Gasteiger partial charge on any atom is -0.440 e. The van der Waals surface area contributed by atoms with Crippen molar-refractivity contribution in [3.63, 3.8) is 0 Å². The molecule has 370 valence electrons. The highest BCUT2D eigenvalue weighted by molar-refractivity contribution is 7.01. The summed E-state index contributed by atoms with van der Waals surface area (Å²) in [5.74, 6) is 0.897. The number of hydrogen-bond donors (Lipinski definition) is 0. The number of nitrogens with zero attached hydrogens (tertiary/aromatic N) is 3. The topological polar surface area (TPSA) is 22.9 Å². The Labute approximate surface area is 436 Å². The van der Waals surface area contributed by atoms with E-state index in [4.69, 9.17) is 4.42 Å². The molecule has 5 heteroatoms. The molecule has 4 heterocycles. The summed E-state index contributed by atoms with van der Waals surface area (Å²) in [5.41, 5.74) is 22.2. The Balaban J connectivity index is 1.24. The number of hydrogen-bond acceptors (Lipinski definition) is 4. The van der Waals surface area contributed by atoms with Crippen molar-refractivity contribution in [2.75, 3.05) is 14.7 Å². The van der Waals surface area contributed by atoms with Crippen molar-refractivity contribution < 1.29 is 4.42 Å². The molecule has 2 unspecified atom stereocenters. The fraction of sp³-hybridized carbons (Fsp3) is 0.353. The second-order valence-corrected chi connectivity index (χ2v) is 26.6. The van der Waals surface area contributed by atoms with Crippen molar-refractivity contribution in [1.82, 2.24) is 0 Å². The molecule has 0 amide bonds. The molecule has 1 saturated carbocycles. The van der Waals surface area contributed by atoms with Gasteiger partial charge in [0.2, 0.25) is 5.88 Å². The van der Waals surface area contributed by atoms with Crippen LogP contribution >= 0.6 is 0 Å². The first kappa shape index (κ1) is 47.5. The van der Waals surface area contributed by atoms with Gasteiger partial charge in [-0.05, 0) is 140 Å². The molecule has 0 N–H and O–H groups in total. The Morgan fingerprint density at radius 2 is 1.07 bits per heavy atom. The zero-order valence-corrected chi connectivity index (χ0v) is 46.0. The Bertz CT molecular complexity index is 3430. The minimum absolute atomic E-state index is 0.0162. The number of para-hydroxylation sites is 1. The average molecular weight is 960 g/mol. The highest BCUT2D eigenvalue weighted by atomic mass is 16.4. The van der Waals surface area contributed by atoms with E-state index in [2.05, 4.69) is 257 Å². The van der Waals surface area contributed by atoms with Gasteiger partial charge in [-0.25, -0.2) is 0 Å². The number of furan rings is 1. The molecular formula is C68H74BN3O. The predicted octanol–water partition coefficient (Wildman–Crippen LogP) is 17.1. The second-order valence-electron chi connectivity index (χ2n) is 26.6. The van der Waals surface area contributed by atoms with Gasteiger partial charge in [0.15, 0.2) is 0 Å². The van der Waals surface area contributed by atoms with Gasteiger partial charge in [-0.3, -0.25) is 4.90 Å². The Morgan fingerprint density at radius 1 is 0.507 bits per heavy atom. The molecule has 1 aliphatic carbocycles. The van der Waals surface area contributed by atoms with Crippen LogP contribution in [-0.4, -0.2) is 12.3 Å². The monoisotopic (exact) mass is 960 g/mol. The summed E-state index contributed by atoms with van der Waals surface area (Å²) >= 11 is 0. The Morgan fingerprint density at radius 3 is 1.68 bits per heavy atom. The van der Waals surface area contributed by atoms with Crippen LogP contribution in [0.5, 0.6) is 0 Å². The van der Waals surface area contributed by atoms with E-state index in [1.165, 1.54) is 84.9 Å². The smallest absolute Gasteiger partial charge is 0.257 e. The van der Waals surface area contributed by atoms with Gasteiger partial charge in [-0.15, -0.1) is 0 Å². The van der Waals surface area contributed by atoms with E-state index in [1.807, 2.05) is 0 Å². The fourth-order valence-electron chi connectivity index (χ4n) is 13.3. The zero-order valence-electron chi connectivity index (χ0n) is 46.0. The van der Waals surface area contributed by atoms with Crippen LogP contribution in [-0.2, 0) is 27.1 Å². The van der Waals surface area contributed by atoms with E-state index in [1.54, 1.807) is 0 Å². The molecule has 4 nitrogen and oxygen atoms in total. The molecule has 0 bridgehead atoms. The highest BCUT2D eigenvalue weighted by Crippen LogP contribution is 2.63. The maximum atomic E-state index is 7.48. The summed E-state index contributed by atoms with van der Waals surface area (Å²) in [4.78, 5) is 7.94. The van der Waals surface area contributed by atoms with Gasteiger partial charge >= 0.3 is 0 Å². The Hall–Kier alpha value is -6.46. The van der Waals surface area contributed by atoms with E-state index in [-0.39, 0.29) is 39.3 Å². The molecule has 1 aromatic heterocycles. The second kappa shape index (κ2) is 16.0. The lowest BCUT2D eigenvalue weighted by Gasteiger charge is -2.52. The average Bonchev–Trinajstić information content (AvgIpc) is 3.87. The van der Waals surface area contributed by atoms with E-state index >= 15 is 0 Å². The van der Waals surface area contributed by atoms with Crippen LogP contribution in [0.2, 0.25) is 0 Å². The van der Waals surface area contributed by atoms with Crippen LogP contribution in [0.1, 0.15) is 150 Å². The lowest BCUT2D eigenvalue weighted by Crippen LogP contribution is -2.64. The molecular weight excluding hydrogens is 886 g/mol. The third kappa shape index (κ3) is 7.21. The largest absolute Gasteiger partial charge is 0.440 e. The zero-order chi connectivity index (χ0) is 51.4. The van der Waals surface area contributed by atoms with Gasteiger partial charge in [0.05, 0.1) is 16.9 Å².